The van der Waals surface area contributed by atoms with Crippen LogP contribution >= 0.6 is 34.2 Å². The normalized spacial score (nSPS) is 11.9. The first kappa shape index (κ1) is 55.7. The zero-order valence-electron chi connectivity index (χ0n) is 51.2. The Morgan fingerprint density at radius 1 is 0.323 bits per heavy atom. The number of imidazole rings is 2. The van der Waals surface area contributed by atoms with Crippen LogP contribution in [0.1, 0.15) is 0 Å². The predicted octanol–water partition coefficient (Wildman–Crippen LogP) is 22.1. The van der Waals surface area contributed by atoms with Gasteiger partial charge in [-0.05, 0) is 162 Å². The lowest BCUT2D eigenvalue weighted by Crippen LogP contribution is -1.96. The average Bonchev–Trinajstić information content (AvgIpc) is 1.54. The second-order valence-corrected chi connectivity index (χ2v) is 25.6. The van der Waals surface area contributed by atoms with Crippen molar-refractivity contribution in [3.8, 4) is 34.1 Å². The van der Waals surface area contributed by atoms with Crippen molar-refractivity contribution in [2.75, 3.05) is 0 Å². The van der Waals surface area contributed by atoms with Gasteiger partial charge in [-0.3, -0.25) is 9.38 Å². The summed E-state index contributed by atoms with van der Waals surface area (Å²) in [5, 5.41) is 12.6. The number of benzene rings is 12. The van der Waals surface area contributed by atoms with Crippen LogP contribution in [0.2, 0.25) is 5.15 Å². The van der Waals surface area contributed by atoms with E-state index in [1.807, 2.05) is 42.6 Å². The van der Waals surface area contributed by atoms with Gasteiger partial charge in [0.1, 0.15) is 16.6 Å². The van der Waals surface area contributed by atoms with Crippen LogP contribution in [0, 0.1) is 3.57 Å². The summed E-state index contributed by atoms with van der Waals surface area (Å²) in [6.07, 6.45) is 3.57. The van der Waals surface area contributed by atoms with Crippen LogP contribution in [0.25, 0.3) is 171 Å². The molecule has 10 nitrogen and oxygen atoms in total. The lowest BCUT2D eigenvalue weighted by Gasteiger charge is -2.11. The minimum atomic E-state index is 0.577. The van der Waals surface area contributed by atoms with Gasteiger partial charge in [0.05, 0.1) is 80.8 Å². The molecule has 0 aliphatic heterocycles. The molecule has 0 bridgehead atoms. The average molecular weight is 1360 g/mol. The van der Waals surface area contributed by atoms with Gasteiger partial charge in [0.15, 0.2) is 0 Å². The third-order valence-corrected chi connectivity index (χ3v) is 20.3. The molecule has 0 radical (unpaired) electrons. The second-order valence-electron chi connectivity index (χ2n) is 24.1. The van der Waals surface area contributed by atoms with E-state index in [1.165, 1.54) is 76.2 Å². The van der Waals surface area contributed by atoms with Gasteiger partial charge in [-0.15, -0.1) is 0 Å². The molecule has 21 aromatic rings. The molecular formula is C84H52ClIN10. The van der Waals surface area contributed by atoms with Gasteiger partial charge in [-0.2, -0.15) is 0 Å². The summed E-state index contributed by atoms with van der Waals surface area (Å²) >= 11 is 7.72. The first-order valence-electron chi connectivity index (χ1n) is 31.9. The summed E-state index contributed by atoms with van der Waals surface area (Å²) in [5.41, 5.74) is 22.2. The molecule has 0 atom stereocenters. The quantitative estimate of drug-likeness (QED) is 0.106. The van der Waals surface area contributed by atoms with Crippen molar-refractivity contribution in [1.29, 1.82) is 0 Å². The van der Waals surface area contributed by atoms with E-state index in [2.05, 4.69) is 316 Å². The fraction of sp³-hybridized carbons (Fsp3) is 0. The lowest BCUT2D eigenvalue weighted by molar-refractivity contribution is 1.17. The molecule has 9 aromatic heterocycles. The highest BCUT2D eigenvalue weighted by Gasteiger charge is 2.25. The summed E-state index contributed by atoms with van der Waals surface area (Å²) in [4.78, 5) is 22.4. The minimum absolute atomic E-state index is 0.577. The van der Waals surface area contributed by atoms with Crippen molar-refractivity contribution in [2.24, 2.45) is 0 Å². The Morgan fingerprint density at radius 3 is 1.40 bits per heavy atom. The van der Waals surface area contributed by atoms with E-state index in [9.17, 15) is 0 Å². The molecule has 12 aromatic carbocycles. The number of hydrogen-bond acceptors (Lipinski definition) is 4. The van der Waals surface area contributed by atoms with Crippen molar-refractivity contribution in [3.05, 3.63) is 318 Å². The molecule has 452 valence electrons. The number of nitrogens with one attached hydrogen (secondary N) is 1. The van der Waals surface area contributed by atoms with Crippen LogP contribution in [-0.4, -0.2) is 47.6 Å². The second kappa shape index (κ2) is 22.4. The summed E-state index contributed by atoms with van der Waals surface area (Å²) in [6, 6.07) is 105. The Hall–Kier alpha value is -11.9. The Morgan fingerprint density at radius 2 is 0.812 bits per heavy atom. The van der Waals surface area contributed by atoms with Crippen LogP contribution in [-0.2, 0) is 0 Å². The number of rotatable bonds is 5. The summed E-state index contributed by atoms with van der Waals surface area (Å²) in [7, 11) is 0. The van der Waals surface area contributed by atoms with Gasteiger partial charge in [0.25, 0.3) is 0 Å². The van der Waals surface area contributed by atoms with Crippen molar-refractivity contribution >= 4 is 171 Å². The lowest BCUT2D eigenvalue weighted by atomic mass is 10.0. The number of fused-ring (bicyclic) bond motifs is 23. The third-order valence-electron chi connectivity index (χ3n) is 18.8. The first-order valence-corrected chi connectivity index (χ1v) is 33.4. The highest BCUT2D eigenvalue weighted by molar-refractivity contribution is 14.1. The molecule has 0 fully saturated rings. The van der Waals surface area contributed by atoms with Gasteiger partial charge in [0.2, 0.25) is 0 Å². The Balaban J connectivity index is 0.000000122. The van der Waals surface area contributed by atoms with Crippen molar-refractivity contribution in [2.45, 2.75) is 0 Å². The van der Waals surface area contributed by atoms with Crippen LogP contribution in [0.3, 0.4) is 0 Å². The first-order chi connectivity index (χ1) is 47.5. The standard InChI is InChI=1S/C42H25N5.C37H24N4.C5H3ClIN/c1-3-12-26(13-4-1)45-34-18-9-7-16-29(34)39-36(45)22-21-28-30-24-31-32(25-38(30)46(41(28)39)27-14-5-2-6-15-27)42-44-33-17-8-10-19-35(33)47(42)37-20-11-23-43-40(31)37;1-3-11-25(12-4-1)40-32-18-10-7-15-29(32)35-33(40)22-21-28-27-20-19-24(37-38-30-16-8-9-17-31(30)39-37)23-34(27)41(36(28)35)26-13-5-2-6-14-26;6-5-4(7)2-1-3-8-5/h1-25H;1-23H,(H,38,39);1-3H. The zero-order chi connectivity index (χ0) is 63.5. The summed E-state index contributed by atoms with van der Waals surface area (Å²) in [6.45, 7) is 0. The molecule has 0 amide bonds. The predicted molar refractivity (Wildman–Crippen MR) is 406 cm³/mol. The van der Waals surface area contributed by atoms with E-state index in [4.69, 9.17) is 26.6 Å². The number of aromatic nitrogens is 10. The van der Waals surface area contributed by atoms with E-state index in [0.29, 0.717) is 5.15 Å². The highest BCUT2D eigenvalue weighted by atomic mass is 127. The smallest absolute Gasteiger partial charge is 0.146 e. The van der Waals surface area contributed by atoms with Crippen LogP contribution in [0.4, 0.5) is 0 Å². The van der Waals surface area contributed by atoms with E-state index < -0.39 is 0 Å². The SMILES string of the molecule is Clc1ncccc1I.c1ccc(-n2c3ccccc3c3c2ccc2c4cc5c(cc4n(-c4ccccc4)c23)c2nc3ccccc3n2c2cccnc52)cc1.c1ccc(-n2c3ccccc3c3c2ccc2c4ccc(-c5nc6ccccc6[nH]5)cc4n(-c4ccccc4)c23)cc1. The zero-order valence-corrected chi connectivity index (χ0v) is 54.1. The largest absolute Gasteiger partial charge is 0.338 e. The van der Waals surface area contributed by atoms with Gasteiger partial charge < -0.3 is 23.3 Å². The summed E-state index contributed by atoms with van der Waals surface area (Å²) < 4.78 is 12.9. The molecule has 0 saturated heterocycles. The molecular weight excluding hydrogens is 1310 g/mol. The van der Waals surface area contributed by atoms with Crippen molar-refractivity contribution in [3.63, 3.8) is 0 Å². The monoisotopic (exact) mass is 1360 g/mol. The molecule has 0 aliphatic carbocycles. The fourth-order valence-electron chi connectivity index (χ4n) is 14.8. The van der Waals surface area contributed by atoms with E-state index in [-0.39, 0.29) is 0 Å². The third kappa shape index (κ3) is 8.70. The number of halogens is 2. The molecule has 9 heterocycles. The number of para-hydroxylation sites is 10. The molecule has 96 heavy (non-hydrogen) atoms. The summed E-state index contributed by atoms with van der Waals surface area (Å²) in [5.74, 6) is 0.879. The van der Waals surface area contributed by atoms with Crippen molar-refractivity contribution < 1.29 is 0 Å². The molecule has 0 spiro atoms. The van der Waals surface area contributed by atoms with E-state index in [0.717, 1.165) is 98.3 Å². The number of nitrogens with zero attached hydrogens (tertiary/aromatic N) is 9. The van der Waals surface area contributed by atoms with Crippen LogP contribution in [0.15, 0.2) is 310 Å². The maximum absolute atomic E-state index is 5.59. The number of pyridine rings is 3. The molecule has 0 unspecified atom stereocenters. The maximum atomic E-state index is 5.59. The van der Waals surface area contributed by atoms with Crippen LogP contribution < -0.4 is 0 Å². The molecule has 1 N–H and O–H groups in total. The number of H-pyrrole nitrogens is 1. The minimum Gasteiger partial charge on any atom is -0.338 e. The van der Waals surface area contributed by atoms with Gasteiger partial charge in [-0.1, -0.05) is 169 Å². The Bertz CT molecular complexity index is 6610. The highest BCUT2D eigenvalue weighted by Crippen LogP contribution is 2.46. The topological polar surface area (TPSA) is 91.5 Å². The van der Waals surface area contributed by atoms with Gasteiger partial charge in [-0.25, -0.2) is 15.0 Å². The van der Waals surface area contributed by atoms with Crippen LogP contribution in [0.5, 0.6) is 0 Å². The maximum Gasteiger partial charge on any atom is 0.146 e. The van der Waals surface area contributed by atoms with Gasteiger partial charge in [0, 0.05) is 94.6 Å². The molecule has 0 aliphatic rings. The number of hydrogen-bond donors (Lipinski definition) is 1. The Labute approximate surface area is 566 Å². The molecule has 21 rings (SSSR count). The van der Waals surface area contributed by atoms with E-state index >= 15 is 0 Å². The number of aromatic amines is 1. The Kier molecular flexibility index (Phi) is 13.0. The van der Waals surface area contributed by atoms with E-state index in [1.54, 1.807) is 6.20 Å². The van der Waals surface area contributed by atoms with Gasteiger partial charge >= 0.3 is 0 Å². The van der Waals surface area contributed by atoms with Crippen molar-refractivity contribution in [1.82, 2.24) is 47.6 Å². The molecule has 12 heteroatoms. The fourth-order valence-corrected chi connectivity index (χ4v) is 15.2. The molecule has 0 saturated carbocycles.